The lowest BCUT2D eigenvalue weighted by molar-refractivity contribution is -0.161. The van der Waals surface area contributed by atoms with Crippen molar-refractivity contribution < 1.29 is 39.2 Å². The summed E-state index contributed by atoms with van der Waals surface area (Å²) in [5.74, 6) is -1.38. The van der Waals surface area contributed by atoms with Gasteiger partial charge >= 0.3 is 11.9 Å². The molecule has 1 fully saturated rings. The van der Waals surface area contributed by atoms with E-state index in [0.717, 1.165) is 38.5 Å². The van der Waals surface area contributed by atoms with Crippen molar-refractivity contribution in [2.75, 3.05) is 13.2 Å². The minimum Gasteiger partial charge on any atom is -0.462 e. The fraction of sp³-hybridized carbons (Fsp3) is 0.833. The van der Waals surface area contributed by atoms with Gasteiger partial charge in [0, 0.05) is 31.1 Å². The highest BCUT2D eigenvalue weighted by molar-refractivity contribution is 5.84. The lowest BCUT2D eigenvalue weighted by atomic mass is 9.90. The summed E-state index contributed by atoms with van der Waals surface area (Å²) in [6.45, 7) is 3.82. The molecule has 1 saturated carbocycles. The molecule has 0 unspecified atom stereocenters. The molecular weight excluding hydrogens is 632 g/mol. The monoisotopic (exact) mass is 707 g/mol. The molecule has 290 valence electrons. The maximum Gasteiger partial charge on any atom is 0.306 e. The summed E-state index contributed by atoms with van der Waals surface area (Å²) in [5.41, 5.74) is 0. The average Bonchev–Trinajstić information content (AvgIpc) is 3.37. The van der Waals surface area contributed by atoms with Crippen molar-refractivity contribution in [3.63, 3.8) is 0 Å². The Labute approximate surface area is 304 Å². The van der Waals surface area contributed by atoms with Crippen molar-refractivity contribution in [1.82, 2.24) is 0 Å². The zero-order valence-corrected chi connectivity index (χ0v) is 31.9. The minimum absolute atomic E-state index is 0.0293. The van der Waals surface area contributed by atoms with Gasteiger partial charge in [-0.05, 0) is 32.1 Å². The molecule has 0 radical (unpaired) electrons. The number of Topliss-reactive ketones (excluding diaryl/α,β-unsaturated/α-hetero) is 1. The molecule has 50 heavy (non-hydrogen) atoms. The summed E-state index contributed by atoms with van der Waals surface area (Å²) >= 11 is 0. The SMILES string of the molecule is CCCCCCCCCCCCCCCCCCC(=O)OC[C@H](CO)OC(=O)CCC/C=C\C[C@H]1C(=O)C[C@@H](O)[C@@H]1/C=C/[C@@H](O)CCCCC. The molecule has 0 aromatic carbocycles. The topological polar surface area (TPSA) is 130 Å². The van der Waals surface area contributed by atoms with Crippen molar-refractivity contribution >= 4 is 17.7 Å². The van der Waals surface area contributed by atoms with Gasteiger partial charge in [0.1, 0.15) is 12.4 Å². The molecule has 0 bridgehead atoms. The standard InChI is InChI=1S/C42H74O8/c1-3-5-7-8-9-10-11-12-13-14-15-16-17-18-19-24-28-41(47)49-34-36(33-43)50-42(48)29-25-21-20-23-27-37-38(40(46)32-39(37)45)31-30-35(44)26-22-6-4-2/h20,23,30-31,35-38,40,43-44,46H,3-19,21-22,24-29,32-34H2,1-2H3/b23-20-,31-30+/t35-,36-,37+,38+,40+/m0/s1. The quantitative estimate of drug-likeness (QED) is 0.0350. The van der Waals surface area contributed by atoms with Gasteiger partial charge in [0.25, 0.3) is 0 Å². The summed E-state index contributed by atoms with van der Waals surface area (Å²) in [6.07, 6.45) is 31.7. The highest BCUT2D eigenvalue weighted by atomic mass is 16.6. The van der Waals surface area contributed by atoms with Crippen molar-refractivity contribution in [2.45, 2.75) is 199 Å². The highest BCUT2D eigenvalue weighted by Gasteiger charge is 2.39. The molecule has 3 N–H and O–H groups in total. The molecule has 0 aromatic heterocycles. The van der Waals surface area contributed by atoms with E-state index in [2.05, 4.69) is 13.8 Å². The van der Waals surface area contributed by atoms with Gasteiger partial charge < -0.3 is 24.8 Å². The fourth-order valence-electron chi connectivity index (χ4n) is 6.65. The third kappa shape index (κ3) is 24.2. The van der Waals surface area contributed by atoms with Crippen LogP contribution < -0.4 is 0 Å². The number of hydrogen-bond donors (Lipinski definition) is 3. The summed E-state index contributed by atoms with van der Waals surface area (Å²) < 4.78 is 10.6. The van der Waals surface area contributed by atoms with Crippen molar-refractivity contribution in [3.05, 3.63) is 24.3 Å². The molecule has 0 aromatic rings. The summed E-state index contributed by atoms with van der Waals surface area (Å²) in [5, 5.41) is 30.2. The van der Waals surface area contributed by atoms with Crippen LogP contribution in [0.3, 0.4) is 0 Å². The van der Waals surface area contributed by atoms with Gasteiger partial charge in [-0.1, -0.05) is 154 Å². The average molecular weight is 707 g/mol. The Hall–Kier alpha value is -2.03. The normalized spacial score (nSPS) is 19.1. The second-order valence-corrected chi connectivity index (χ2v) is 14.5. The van der Waals surface area contributed by atoms with Gasteiger partial charge in [-0.15, -0.1) is 0 Å². The van der Waals surface area contributed by atoms with Crippen molar-refractivity contribution in [2.24, 2.45) is 11.8 Å². The smallest absolute Gasteiger partial charge is 0.306 e. The Morgan fingerprint density at radius 1 is 0.760 bits per heavy atom. The van der Waals surface area contributed by atoms with E-state index in [-0.39, 0.29) is 43.0 Å². The largest absolute Gasteiger partial charge is 0.462 e. The van der Waals surface area contributed by atoms with Gasteiger partial charge in [-0.2, -0.15) is 0 Å². The van der Waals surface area contributed by atoms with Crippen LogP contribution in [-0.4, -0.2) is 64.6 Å². The number of hydrogen-bond acceptors (Lipinski definition) is 8. The number of ketones is 1. The number of esters is 2. The highest BCUT2D eigenvalue weighted by Crippen LogP contribution is 2.33. The lowest BCUT2D eigenvalue weighted by Gasteiger charge is -2.16. The molecule has 1 aliphatic carbocycles. The predicted octanol–water partition coefficient (Wildman–Crippen LogP) is 9.27. The van der Waals surface area contributed by atoms with Crippen LogP contribution in [0, 0.1) is 11.8 Å². The fourth-order valence-corrected chi connectivity index (χ4v) is 6.65. The second-order valence-electron chi connectivity index (χ2n) is 14.5. The van der Waals surface area contributed by atoms with E-state index in [9.17, 15) is 29.7 Å². The number of allylic oxidation sites excluding steroid dienone is 2. The molecule has 0 heterocycles. The third-order valence-corrected chi connectivity index (χ3v) is 9.87. The number of carbonyl (C=O) groups excluding carboxylic acids is 3. The molecule has 0 spiro atoms. The third-order valence-electron chi connectivity index (χ3n) is 9.87. The van der Waals surface area contributed by atoms with Crippen LogP contribution >= 0.6 is 0 Å². The molecular formula is C42H74O8. The number of carbonyl (C=O) groups is 3. The Balaban J connectivity index is 2.10. The number of rotatable bonds is 33. The zero-order valence-electron chi connectivity index (χ0n) is 31.9. The zero-order chi connectivity index (χ0) is 36.7. The van der Waals surface area contributed by atoms with Crippen LogP contribution in [0.25, 0.3) is 0 Å². The van der Waals surface area contributed by atoms with E-state index in [1.165, 1.54) is 83.5 Å². The van der Waals surface area contributed by atoms with Crippen molar-refractivity contribution in [1.29, 1.82) is 0 Å². The number of unbranched alkanes of at least 4 members (excludes halogenated alkanes) is 18. The summed E-state index contributed by atoms with van der Waals surface area (Å²) in [6, 6.07) is 0. The molecule has 0 aliphatic heterocycles. The minimum atomic E-state index is -0.872. The van der Waals surface area contributed by atoms with Crippen LogP contribution in [0.2, 0.25) is 0 Å². The molecule has 0 saturated heterocycles. The Morgan fingerprint density at radius 3 is 1.88 bits per heavy atom. The van der Waals surface area contributed by atoms with Crippen LogP contribution in [0.15, 0.2) is 24.3 Å². The first kappa shape index (κ1) is 46.0. The lowest BCUT2D eigenvalue weighted by Crippen LogP contribution is -2.28. The van der Waals surface area contributed by atoms with E-state index in [0.29, 0.717) is 32.1 Å². The number of aliphatic hydroxyl groups is 3. The Kier molecular flexibility index (Phi) is 29.1. The van der Waals surface area contributed by atoms with Gasteiger partial charge in [0.2, 0.25) is 0 Å². The molecule has 8 nitrogen and oxygen atoms in total. The first-order chi connectivity index (χ1) is 24.3. The molecule has 1 aliphatic rings. The van der Waals surface area contributed by atoms with Gasteiger partial charge in [0.15, 0.2) is 6.10 Å². The van der Waals surface area contributed by atoms with E-state index in [1.54, 1.807) is 12.2 Å². The first-order valence-electron chi connectivity index (χ1n) is 20.5. The van der Waals surface area contributed by atoms with E-state index >= 15 is 0 Å². The van der Waals surface area contributed by atoms with Crippen LogP contribution in [0.4, 0.5) is 0 Å². The number of aliphatic hydroxyl groups excluding tert-OH is 3. The van der Waals surface area contributed by atoms with Gasteiger partial charge in [-0.25, -0.2) is 0 Å². The maximum atomic E-state index is 12.5. The predicted molar refractivity (Wildman–Crippen MR) is 202 cm³/mol. The Bertz CT molecular complexity index is 915. The second kappa shape index (κ2) is 31.7. The summed E-state index contributed by atoms with van der Waals surface area (Å²) in [7, 11) is 0. The maximum absolute atomic E-state index is 12.5. The molecule has 1 rings (SSSR count). The molecule has 0 amide bonds. The van der Waals surface area contributed by atoms with Gasteiger partial charge in [-0.3, -0.25) is 14.4 Å². The van der Waals surface area contributed by atoms with E-state index in [1.807, 2.05) is 12.2 Å². The number of ether oxygens (including phenoxy) is 2. The van der Waals surface area contributed by atoms with Gasteiger partial charge in [0.05, 0.1) is 18.8 Å². The van der Waals surface area contributed by atoms with Crippen LogP contribution in [0.5, 0.6) is 0 Å². The molecule has 8 heteroatoms. The van der Waals surface area contributed by atoms with Crippen LogP contribution in [-0.2, 0) is 23.9 Å². The van der Waals surface area contributed by atoms with Crippen LogP contribution in [0.1, 0.15) is 181 Å². The first-order valence-corrected chi connectivity index (χ1v) is 20.5. The Morgan fingerprint density at radius 2 is 1.30 bits per heavy atom. The van der Waals surface area contributed by atoms with E-state index in [4.69, 9.17) is 9.47 Å². The van der Waals surface area contributed by atoms with E-state index < -0.39 is 30.9 Å². The molecule has 5 atom stereocenters. The van der Waals surface area contributed by atoms with Crippen molar-refractivity contribution in [3.8, 4) is 0 Å². The summed E-state index contributed by atoms with van der Waals surface area (Å²) in [4.78, 5) is 36.9.